The lowest BCUT2D eigenvalue weighted by molar-refractivity contribution is -0.124. The van der Waals surface area contributed by atoms with Crippen LogP contribution < -0.4 is 5.32 Å². The van der Waals surface area contributed by atoms with E-state index in [4.69, 9.17) is 10.00 Å². The molecule has 0 amide bonds. The Morgan fingerprint density at radius 1 is 1.06 bits per heavy atom. The van der Waals surface area contributed by atoms with Crippen LogP contribution in [0.4, 0.5) is 5.69 Å². The van der Waals surface area contributed by atoms with E-state index in [2.05, 4.69) is 37.4 Å². The van der Waals surface area contributed by atoms with Crippen LogP contribution in [0.1, 0.15) is 77.2 Å². The second kappa shape index (κ2) is 8.90. The molecule has 33 heavy (non-hydrogen) atoms. The van der Waals surface area contributed by atoms with Gasteiger partial charge in [0.05, 0.1) is 23.8 Å². The van der Waals surface area contributed by atoms with Gasteiger partial charge in [0.15, 0.2) is 0 Å². The third-order valence-corrected chi connectivity index (χ3v) is 10.6. The molecule has 4 heteroatoms. The standard InChI is InChI=1S/C29H42N2O2/c1-19(31-22-7-4-20(17-30)5-8-22)26-10-11-27-25-9-6-21-16-29(32,18-33-3)15-13-23(21)24(25)12-14-28(26,27)2/h4-5,7-8,19,21,23-27,31-32H,6,9-16,18H2,1-3H3/t19-,21-,23+,24-,25-,26-,27+,28-,29-/m1/s1. The summed E-state index contributed by atoms with van der Waals surface area (Å²) < 4.78 is 5.36. The fourth-order valence-corrected chi connectivity index (χ4v) is 9.23. The molecule has 4 fully saturated rings. The van der Waals surface area contributed by atoms with E-state index in [-0.39, 0.29) is 0 Å². The zero-order valence-electron chi connectivity index (χ0n) is 20.7. The predicted octanol–water partition coefficient (Wildman–Crippen LogP) is 6.00. The van der Waals surface area contributed by atoms with Crippen LogP contribution in [0.25, 0.3) is 0 Å². The summed E-state index contributed by atoms with van der Waals surface area (Å²) in [7, 11) is 1.72. The summed E-state index contributed by atoms with van der Waals surface area (Å²) >= 11 is 0. The average Bonchev–Trinajstić information content (AvgIpc) is 3.16. The Labute approximate surface area is 200 Å². The zero-order chi connectivity index (χ0) is 23.2. The molecule has 0 aromatic heterocycles. The van der Waals surface area contributed by atoms with Gasteiger partial charge < -0.3 is 15.2 Å². The SMILES string of the molecule is COC[C@@]1(O)CC[C@H]2[C@H](CC[C@@H]3[C@@H]2CC[C@]2(C)[C@@H]([C@@H](C)Nc4ccc(C#N)cc4)CC[C@@H]32)C1. The molecule has 0 aliphatic heterocycles. The van der Waals surface area contributed by atoms with Gasteiger partial charge in [-0.15, -0.1) is 0 Å². The van der Waals surface area contributed by atoms with Crippen molar-refractivity contribution < 1.29 is 9.84 Å². The van der Waals surface area contributed by atoms with Gasteiger partial charge in [0, 0.05) is 18.8 Å². The normalized spacial score (nSPS) is 43.0. The van der Waals surface area contributed by atoms with E-state index in [0.717, 1.165) is 47.8 Å². The number of methoxy groups -OCH3 is 1. The Kier molecular flexibility index (Phi) is 6.25. The molecule has 0 saturated heterocycles. The maximum Gasteiger partial charge on any atom is 0.0991 e. The number of fused-ring (bicyclic) bond motifs is 5. The number of nitriles is 1. The van der Waals surface area contributed by atoms with E-state index in [1.54, 1.807) is 7.11 Å². The van der Waals surface area contributed by atoms with Crippen LogP contribution in [0.2, 0.25) is 0 Å². The van der Waals surface area contributed by atoms with Crippen LogP contribution >= 0.6 is 0 Å². The van der Waals surface area contributed by atoms with E-state index in [9.17, 15) is 5.11 Å². The number of ether oxygens (including phenoxy) is 1. The second-order valence-electron chi connectivity index (χ2n) is 12.2. The van der Waals surface area contributed by atoms with Crippen LogP contribution in [0.15, 0.2) is 24.3 Å². The lowest BCUT2D eigenvalue weighted by atomic mass is 9.48. The van der Waals surface area contributed by atoms with Crippen LogP contribution in [0.5, 0.6) is 0 Å². The van der Waals surface area contributed by atoms with Gasteiger partial charge >= 0.3 is 0 Å². The zero-order valence-corrected chi connectivity index (χ0v) is 20.7. The third-order valence-electron chi connectivity index (χ3n) is 10.6. The molecular weight excluding hydrogens is 408 g/mol. The highest BCUT2D eigenvalue weighted by atomic mass is 16.5. The first kappa shape index (κ1) is 23.2. The predicted molar refractivity (Wildman–Crippen MR) is 132 cm³/mol. The van der Waals surface area contributed by atoms with E-state index < -0.39 is 5.60 Å². The smallest absolute Gasteiger partial charge is 0.0991 e. The van der Waals surface area contributed by atoms with E-state index in [0.29, 0.717) is 29.9 Å². The largest absolute Gasteiger partial charge is 0.387 e. The fraction of sp³-hybridized carbons (Fsp3) is 0.759. The van der Waals surface area contributed by atoms with Gasteiger partial charge in [-0.3, -0.25) is 0 Å². The first-order chi connectivity index (χ1) is 15.9. The van der Waals surface area contributed by atoms with Gasteiger partial charge in [-0.25, -0.2) is 0 Å². The molecule has 4 nitrogen and oxygen atoms in total. The Morgan fingerprint density at radius 2 is 1.82 bits per heavy atom. The molecule has 0 spiro atoms. The van der Waals surface area contributed by atoms with Crippen molar-refractivity contribution in [1.82, 2.24) is 0 Å². The van der Waals surface area contributed by atoms with Crippen LogP contribution in [0, 0.1) is 52.3 Å². The van der Waals surface area contributed by atoms with E-state index >= 15 is 0 Å². The Hall–Kier alpha value is -1.57. The highest BCUT2D eigenvalue weighted by Crippen LogP contribution is 2.65. The number of aliphatic hydroxyl groups is 1. The maximum atomic E-state index is 11.0. The lowest BCUT2D eigenvalue weighted by Gasteiger charge is -2.57. The first-order valence-electron chi connectivity index (χ1n) is 13.3. The summed E-state index contributed by atoms with van der Waals surface area (Å²) in [5.41, 5.74) is 1.70. The molecule has 4 saturated carbocycles. The quantitative estimate of drug-likeness (QED) is 0.577. The van der Waals surface area contributed by atoms with Crippen molar-refractivity contribution in [2.24, 2.45) is 40.9 Å². The number of anilines is 1. The molecule has 4 aliphatic carbocycles. The van der Waals surface area contributed by atoms with Crippen molar-refractivity contribution in [2.75, 3.05) is 19.0 Å². The van der Waals surface area contributed by atoms with Gasteiger partial charge in [0.2, 0.25) is 0 Å². The van der Waals surface area contributed by atoms with Crippen LogP contribution in [-0.2, 0) is 4.74 Å². The molecule has 0 unspecified atom stereocenters. The summed E-state index contributed by atoms with van der Waals surface area (Å²) in [5.74, 6) is 4.82. The molecule has 0 radical (unpaired) electrons. The Balaban J connectivity index is 1.27. The summed E-state index contributed by atoms with van der Waals surface area (Å²) in [6.45, 7) is 5.47. The molecule has 9 atom stereocenters. The van der Waals surface area contributed by atoms with E-state index in [1.807, 2.05) is 12.1 Å². The number of benzene rings is 1. The Bertz CT molecular complexity index is 879. The number of hydrogen-bond donors (Lipinski definition) is 2. The van der Waals surface area contributed by atoms with Crippen molar-refractivity contribution in [1.29, 1.82) is 5.26 Å². The number of nitrogens with one attached hydrogen (secondary N) is 1. The minimum atomic E-state index is -0.586. The number of nitrogens with zero attached hydrogens (tertiary/aromatic N) is 1. The highest BCUT2D eigenvalue weighted by Gasteiger charge is 2.58. The second-order valence-corrected chi connectivity index (χ2v) is 12.2. The average molecular weight is 451 g/mol. The van der Waals surface area contributed by atoms with E-state index in [1.165, 1.54) is 44.9 Å². The van der Waals surface area contributed by atoms with Gasteiger partial charge in [0.1, 0.15) is 0 Å². The number of hydrogen-bond acceptors (Lipinski definition) is 4. The van der Waals surface area contributed by atoms with Crippen molar-refractivity contribution in [3.8, 4) is 6.07 Å². The summed E-state index contributed by atoms with van der Waals surface area (Å²) in [4.78, 5) is 0. The van der Waals surface area contributed by atoms with Crippen molar-refractivity contribution in [3.05, 3.63) is 29.8 Å². The minimum absolute atomic E-state index is 0.429. The molecule has 0 bridgehead atoms. The molecule has 0 heterocycles. The molecule has 4 aliphatic rings. The molecule has 180 valence electrons. The van der Waals surface area contributed by atoms with Gasteiger partial charge in [-0.1, -0.05) is 6.92 Å². The van der Waals surface area contributed by atoms with Crippen LogP contribution in [0.3, 0.4) is 0 Å². The number of rotatable bonds is 5. The summed E-state index contributed by atoms with van der Waals surface area (Å²) in [6, 6.07) is 10.6. The fourth-order valence-electron chi connectivity index (χ4n) is 9.23. The summed E-state index contributed by atoms with van der Waals surface area (Å²) in [6.07, 6.45) is 11.2. The highest BCUT2D eigenvalue weighted by molar-refractivity contribution is 5.48. The topological polar surface area (TPSA) is 65.3 Å². The minimum Gasteiger partial charge on any atom is -0.387 e. The van der Waals surface area contributed by atoms with Gasteiger partial charge in [-0.05, 0) is 130 Å². The van der Waals surface area contributed by atoms with Gasteiger partial charge in [0.25, 0.3) is 0 Å². The molecule has 1 aromatic carbocycles. The molecule has 5 rings (SSSR count). The van der Waals surface area contributed by atoms with Crippen LogP contribution in [-0.4, -0.2) is 30.5 Å². The van der Waals surface area contributed by atoms with Crippen molar-refractivity contribution >= 4 is 5.69 Å². The first-order valence-corrected chi connectivity index (χ1v) is 13.3. The maximum absolute atomic E-state index is 11.0. The lowest BCUT2D eigenvalue weighted by Crippen LogP contribution is -2.52. The Morgan fingerprint density at radius 3 is 2.55 bits per heavy atom. The third kappa shape index (κ3) is 4.10. The van der Waals surface area contributed by atoms with Crippen molar-refractivity contribution in [3.63, 3.8) is 0 Å². The van der Waals surface area contributed by atoms with Gasteiger partial charge in [-0.2, -0.15) is 5.26 Å². The molecule has 1 aromatic rings. The summed E-state index contributed by atoms with van der Waals surface area (Å²) in [5, 5.41) is 23.9. The molecule has 2 N–H and O–H groups in total. The monoisotopic (exact) mass is 450 g/mol. The molecular formula is C29H42N2O2. The van der Waals surface area contributed by atoms with Crippen molar-refractivity contribution in [2.45, 2.75) is 83.3 Å².